The Morgan fingerprint density at radius 3 is 2.83 bits per heavy atom. The van der Waals surface area contributed by atoms with E-state index in [-0.39, 0.29) is 12.5 Å². The number of rotatable bonds is 5. The number of nitrogens with two attached hydrogens (primary N) is 1. The lowest BCUT2D eigenvalue weighted by Crippen LogP contribution is -2.44. The molecule has 0 aliphatic rings. The maximum absolute atomic E-state index is 12.2. The van der Waals surface area contributed by atoms with E-state index in [1.54, 1.807) is 6.20 Å². The fourth-order valence-corrected chi connectivity index (χ4v) is 2.85. The first-order valence-electron chi connectivity index (χ1n) is 5.51. The molecule has 18 heavy (non-hydrogen) atoms. The molecule has 1 atom stereocenters. The van der Waals surface area contributed by atoms with Gasteiger partial charge in [-0.1, -0.05) is 13.8 Å². The van der Waals surface area contributed by atoms with Crippen LogP contribution in [0.15, 0.2) is 10.7 Å². The molecule has 0 spiro atoms. The summed E-state index contributed by atoms with van der Waals surface area (Å²) < 4.78 is 4.68. The van der Waals surface area contributed by atoms with Gasteiger partial charge in [0.25, 0.3) is 0 Å². The fourth-order valence-electron chi connectivity index (χ4n) is 1.53. The Balaban J connectivity index is 2.90. The number of nitriles is 1. The van der Waals surface area contributed by atoms with Crippen molar-refractivity contribution in [1.29, 1.82) is 5.26 Å². The molecular weight excluding hydrogens is 316 g/mol. The van der Waals surface area contributed by atoms with Crippen LogP contribution in [-0.2, 0) is 4.79 Å². The molecule has 0 aliphatic heterocycles. The third-order valence-electron chi connectivity index (χ3n) is 2.29. The minimum atomic E-state index is -0.590. The van der Waals surface area contributed by atoms with Crippen molar-refractivity contribution in [3.8, 4) is 6.07 Å². The van der Waals surface area contributed by atoms with Gasteiger partial charge in [-0.05, 0) is 39.8 Å². The SMILES string of the molecule is CC(C)CC(N)C(=O)N(CC#N)c1sncc1Br. The second-order valence-electron chi connectivity index (χ2n) is 4.30. The normalized spacial score (nSPS) is 12.2. The molecule has 1 rings (SSSR count). The minimum Gasteiger partial charge on any atom is -0.320 e. The van der Waals surface area contributed by atoms with Gasteiger partial charge in [0.1, 0.15) is 11.5 Å². The molecule has 0 bridgehead atoms. The summed E-state index contributed by atoms with van der Waals surface area (Å²) in [5.74, 6) is 0.0907. The maximum atomic E-state index is 12.2. The molecule has 5 nitrogen and oxygen atoms in total. The van der Waals surface area contributed by atoms with Crippen LogP contribution in [0, 0.1) is 17.2 Å². The molecule has 1 aromatic rings. The molecule has 0 aromatic carbocycles. The topological polar surface area (TPSA) is 83.0 Å². The monoisotopic (exact) mass is 330 g/mol. The lowest BCUT2D eigenvalue weighted by atomic mass is 10.0. The molecule has 0 fully saturated rings. The number of nitrogens with zero attached hydrogens (tertiary/aromatic N) is 3. The smallest absolute Gasteiger partial charge is 0.245 e. The summed E-state index contributed by atoms with van der Waals surface area (Å²) in [5, 5.41) is 9.45. The van der Waals surface area contributed by atoms with Gasteiger partial charge >= 0.3 is 0 Å². The van der Waals surface area contributed by atoms with Gasteiger partial charge in [0.15, 0.2) is 0 Å². The average Bonchev–Trinajstić information content (AvgIpc) is 2.70. The zero-order chi connectivity index (χ0) is 13.7. The Kier molecular flexibility index (Phi) is 5.72. The first-order valence-corrected chi connectivity index (χ1v) is 7.08. The first kappa shape index (κ1) is 15.1. The Bertz CT molecular complexity index is 454. The van der Waals surface area contributed by atoms with Gasteiger partial charge in [0, 0.05) is 0 Å². The van der Waals surface area contributed by atoms with Gasteiger partial charge < -0.3 is 5.73 Å². The highest BCUT2D eigenvalue weighted by atomic mass is 79.9. The summed E-state index contributed by atoms with van der Waals surface area (Å²) in [6, 6.07) is 1.39. The number of aromatic nitrogens is 1. The molecule has 0 saturated heterocycles. The largest absolute Gasteiger partial charge is 0.320 e. The number of hydrogen-bond donors (Lipinski definition) is 1. The molecule has 0 radical (unpaired) electrons. The Morgan fingerprint density at radius 1 is 1.72 bits per heavy atom. The van der Waals surface area contributed by atoms with E-state index in [0.29, 0.717) is 21.8 Å². The second-order valence-corrected chi connectivity index (χ2v) is 5.93. The maximum Gasteiger partial charge on any atom is 0.245 e. The summed E-state index contributed by atoms with van der Waals surface area (Å²) >= 11 is 4.47. The number of anilines is 1. The number of amides is 1. The van der Waals surface area contributed by atoms with Gasteiger partial charge in [0.2, 0.25) is 5.91 Å². The van der Waals surface area contributed by atoms with Crippen LogP contribution in [0.1, 0.15) is 20.3 Å². The van der Waals surface area contributed by atoms with E-state index >= 15 is 0 Å². The minimum absolute atomic E-state index is 0.0224. The van der Waals surface area contributed by atoms with Gasteiger partial charge in [-0.2, -0.15) is 9.64 Å². The van der Waals surface area contributed by atoms with Crippen LogP contribution in [0.3, 0.4) is 0 Å². The molecular formula is C11H15BrN4OS. The van der Waals surface area contributed by atoms with Crippen LogP contribution in [0.2, 0.25) is 0 Å². The zero-order valence-electron chi connectivity index (χ0n) is 10.3. The van der Waals surface area contributed by atoms with Gasteiger partial charge in [0.05, 0.1) is 22.8 Å². The molecule has 1 unspecified atom stereocenters. The average molecular weight is 331 g/mol. The Morgan fingerprint density at radius 2 is 2.39 bits per heavy atom. The zero-order valence-corrected chi connectivity index (χ0v) is 12.7. The van der Waals surface area contributed by atoms with Crippen LogP contribution in [0.5, 0.6) is 0 Å². The number of hydrogen-bond acceptors (Lipinski definition) is 5. The third-order valence-corrected chi connectivity index (χ3v) is 3.96. The van der Waals surface area contributed by atoms with E-state index in [4.69, 9.17) is 11.0 Å². The summed E-state index contributed by atoms with van der Waals surface area (Å²) in [4.78, 5) is 13.6. The number of carbonyl (C=O) groups excluding carboxylic acids is 1. The van der Waals surface area contributed by atoms with Crippen molar-refractivity contribution in [3.63, 3.8) is 0 Å². The molecule has 0 saturated carbocycles. The van der Waals surface area contributed by atoms with Gasteiger partial charge in [-0.15, -0.1) is 0 Å². The lowest BCUT2D eigenvalue weighted by molar-refractivity contribution is -0.120. The summed E-state index contributed by atoms with van der Waals surface area (Å²) in [6.07, 6.45) is 2.20. The van der Waals surface area contributed by atoms with Crippen molar-refractivity contribution in [2.45, 2.75) is 26.3 Å². The molecule has 0 aliphatic carbocycles. The standard InChI is InChI=1S/C11H15BrN4OS/c1-7(2)5-9(14)10(17)16(4-3-13)11-8(12)6-15-18-11/h6-7,9H,4-5,14H2,1-2H3. The Hall–Kier alpha value is -0.970. The van der Waals surface area contributed by atoms with Crippen molar-refractivity contribution < 1.29 is 4.79 Å². The van der Waals surface area contributed by atoms with Crippen LogP contribution in [0.25, 0.3) is 0 Å². The quantitative estimate of drug-likeness (QED) is 0.838. The predicted octanol–water partition coefficient (Wildman–Crippen LogP) is 2.14. The van der Waals surface area contributed by atoms with E-state index in [0.717, 1.165) is 11.5 Å². The molecule has 1 aromatic heterocycles. The third kappa shape index (κ3) is 3.77. The first-order chi connectivity index (χ1) is 8.47. The lowest BCUT2D eigenvalue weighted by Gasteiger charge is -2.22. The summed E-state index contributed by atoms with van der Waals surface area (Å²) in [7, 11) is 0. The highest BCUT2D eigenvalue weighted by Crippen LogP contribution is 2.30. The van der Waals surface area contributed by atoms with Gasteiger partial charge in [-0.3, -0.25) is 9.69 Å². The van der Waals surface area contributed by atoms with Crippen molar-refractivity contribution in [3.05, 3.63) is 10.7 Å². The fraction of sp³-hybridized carbons (Fsp3) is 0.545. The number of carbonyl (C=O) groups is 1. The van der Waals surface area contributed by atoms with Crippen molar-refractivity contribution >= 4 is 38.4 Å². The van der Waals surface area contributed by atoms with E-state index < -0.39 is 6.04 Å². The van der Waals surface area contributed by atoms with Gasteiger partial charge in [-0.25, -0.2) is 0 Å². The molecule has 1 heterocycles. The van der Waals surface area contributed by atoms with E-state index in [9.17, 15) is 4.79 Å². The highest BCUT2D eigenvalue weighted by Gasteiger charge is 2.25. The molecule has 1 amide bonds. The molecule has 2 N–H and O–H groups in total. The number of halogens is 1. The van der Waals surface area contributed by atoms with Crippen molar-refractivity contribution in [1.82, 2.24) is 4.37 Å². The van der Waals surface area contributed by atoms with E-state index in [1.165, 1.54) is 4.90 Å². The molecule has 98 valence electrons. The van der Waals surface area contributed by atoms with Crippen molar-refractivity contribution in [2.75, 3.05) is 11.4 Å². The Labute approximate surface area is 119 Å². The van der Waals surface area contributed by atoms with Crippen molar-refractivity contribution in [2.24, 2.45) is 11.7 Å². The molecule has 7 heteroatoms. The van der Waals surface area contributed by atoms with Crippen LogP contribution >= 0.6 is 27.5 Å². The van der Waals surface area contributed by atoms with Crippen LogP contribution in [0.4, 0.5) is 5.00 Å². The van der Waals surface area contributed by atoms with E-state index in [1.807, 2.05) is 19.9 Å². The summed E-state index contributed by atoms with van der Waals surface area (Å²) in [6.45, 7) is 3.99. The van der Waals surface area contributed by atoms with E-state index in [2.05, 4.69) is 20.3 Å². The highest BCUT2D eigenvalue weighted by molar-refractivity contribution is 9.10. The second kappa shape index (κ2) is 6.83. The van der Waals surface area contributed by atoms with Crippen LogP contribution in [-0.4, -0.2) is 22.9 Å². The summed E-state index contributed by atoms with van der Waals surface area (Å²) in [5.41, 5.74) is 5.87. The predicted molar refractivity (Wildman–Crippen MR) is 75.2 cm³/mol. The van der Waals surface area contributed by atoms with Crippen LogP contribution < -0.4 is 10.6 Å².